The number of piperidine rings is 1. The molecule has 5 rings (SSSR count). The number of aromatic amines is 2. The maximum Gasteiger partial charge on any atom is 0.323 e. The molecule has 30 heavy (non-hydrogen) atoms. The van der Waals surface area contributed by atoms with Crippen molar-refractivity contribution >= 4 is 34.0 Å². The van der Waals surface area contributed by atoms with Crippen LogP contribution in [0, 0.1) is 0 Å². The molecule has 7 heteroatoms. The second-order valence-corrected chi connectivity index (χ2v) is 8.24. The number of nitrogens with one attached hydrogen (secondary N) is 3. The molecule has 0 aliphatic carbocycles. The van der Waals surface area contributed by atoms with Gasteiger partial charge in [-0.05, 0) is 68.5 Å². The highest BCUT2D eigenvalue weighted by atomic mass is 16.2. The minimum atomic E-state index is -0.242. The van der Waals surface area contributed by atoms with Crippen LogP contribution in [0.2, 0.25) is 0 Å². The van der Waals surface area contributed by atoms with E-state index in [4.69, 9.17) is 0 Å². The third kappa shape index (κ3) is 3.67. The predicted octanol–water partition coefficient (Wildman–Crippen LogP) is 3.70. The van der Waals surface area contributed by atoms with E-state index in [1.807, 2.05) is 36.4 Å². The third-order valence-corrected chi connectivity index (χ3v) is 6.18. The number of rotatable bonds is 4. The van der Waals surface area contributed by atoms with Crippen molar-refractivity contribution in [2.24, 2.45) is 0 Å². The van der Waals surface area contributed by atoms with Crippen LogP contribution in [0.1, 0.15) is 42.5 Å². The Hall–Kier alpha value is -3.22. The molecule has 2 aromatic carbocycles. The smallest absolute Gasteiger partial charge is 0.323 e. The molecule has 0 unspecified atom stereocenters. The second kappa shape index (κ2) is 7.89. The Labute approximate surface area is 175 Å². The van der Waals surface area contributed by atoms with E-state index in [0.717, 1.165) is 55.9 Å². The number of H-pyrrole nitrogens is 2. The van der Waals surface area contributed by atoms with Gasteiger partial charge in [0.15, 0.2) is 0 Å². The van der Waals surface area contributed by atoms with Gasteiger partial charge in [0.2, 0.25) is 0 Å². The first-order chi connectivity index (χ1) is 14.7. The van der Waals surface area contributed by atoms with Crippen LogP contribution < -0.4 is 20.8 Å². The van der Waals surface area contributed by atoms with Gasteiger partial charge in [-0.3, -0.25) is 4.79 Å². The Morgan fingerprint density at radius 2 is 1.40 bits per heavy atom. The van der Waals surface area contributed by atoms with E-state index >= 15 is 0 Å². The van der Waals surface area contributed by atoms with Crippen molar-refractivity contribution in [2.75, 3.05) is 41.3 Å². The number of benzene rings is 2. The average molecular weight is 406 g/mol. The van der Waals surface area contributed by atoms with Crippen molar-refractivity contribution in [3.63, 3.8) is 0 Å². The molecular weight excluding hydrogens is 378 g/mol. The summed E-state index contributed by atoms with van der Waals surface area (Å²) >= 11 is 0. The summed E-state index contributed by atoms with van der Waals surface area (Å²) < 4.78 is 0. The molecule has 2 aliphatic rings. The summed E-state index contributed by atoms with van der Waals surface area (Å²) in [5.74, 6) is -0.141. The predicted molar refractivity (Wildman–Crippen MR) is 121 cm³/mol. The topological polar surface area (TPSA) is 84.2 Å². The molecule has 156 valence electrons. The highest BCUT2D eigenvalue weighted by Crippen LogP contribution is 2.32. The van der Waals surface area contributed by atoms with Crippen LogP contribution in [0.25, 0.3) is 11.0 Å². The summed E-state index contributed by atoms with van der Waals surface area (Å²) in [6, 6.07) is 11.7. The summed E-state index contributed by atoms with van der Waals surface area (Å²) in [4.78, 5) is 35.0. The van der Waals surface area contributed by atoms with Crippen molar-refractivity contribution in [3.05, 3.63) is 52.4 Å². The van der Waals surface area contributed by atoms with E-state index < -0.39 is 0 Å². The van der Waals surface area contributed by atoms with Crippen molar-refractivity contribution in [3.8, 4) is 0 Å². The van der Waals surface area contributed by atoms with E-state index in [2.05, 4.69) is 25.1 Å². The van der Waals surface area contributed by atoms with Gasteiger partial charge >= 0.3 is 5.69 Å². The quantitative estimate of drug-likeness (QED) is 0.618. The number of carbonyl (C=O) groups excluding carboxylic acids is 1. The number of anilines is 3. The lowest BCUT2D eigenvalue weighted by atomic mass is 10.1. The Balaban J connectivity index is 1.40. The van der Waals surface area contributed by atoms with E-state index in [0.29, 0.717) is 11.1 Å². The van der Waals surface area contributed by atoms with Gasteiger partial charge in [0.25, 0.3) is 5.91 Å². The van der Waals surface area contributed by atoms with Gasteiger partial charge in [0.1, 0.15) is 0 Å². The summed E-state index contributed by atoms with van der Waals surface area (Å²) in [6.45, 7) is 4.07. The van der Waals surface area contributed by atoms with Crippen molar-refractivity contribution in [2.45, 2.75) is 32.1 Å². The summed E-state index contributed by atoms with van der Waals surface area (Å²) in [7, 11) is 0. The van der Waals surface area contributed by atoms with Gasteiger partial charge in [-0.2, -0.15) is 0 Å². The standard InChI is InChI=1S/C23H27N5O2/c29-22(16-6-8-17(9-7-16)27-10-2-1-3-11-27)24-20-14-18-19(26-23(30)25-18)15-21(20)28-12-4-5-13-28/h6-9,14-15H,1-5,10-13H2,(H,24,29)(H2,25,26,30). The average Bonchev–Trinajstić information content (AvgIpc) is 3.42. The Morgan fingerprint density at radius 3 is 2.10 bits per heavy atom. The van der Waals surface area contributed by atoms with Gasteiger partial charge in [0.05, 0.1) is 22.4 Å². The van der Waals surface area contributed by atoms with Crippen LogP contribution in [-0.4, -0.2) is 42.1 Å². The fourth-order valence-electron chi connectivity index (χ4n) is 4.56. The minimum Gasteiger partial charge on any atom is -0.372 e. The largest absolute Gasteiger partial charge is 0.372 e. The molecule has 2 fully saturated rings. The molecule has 0 bridgehead atoms. The number of aromatic nitrogens is 2. The molecule has 2 saturated heterocycles. The lowest BCUT2D eigenvalue weighted by Gasteiger charge is -2.28. The fraction of sp³-hybridized carbons (Fsp3) is 0.391. The molecule has 1 aromatic heterocycles. The highest BCUT2D eigenvalue weighted by molar-refractivity contribution is 6.07. The van der Waals surface area contributed by atoms with Crippen LogP contribution >= 0.6 is 0 Å². The zero-order valence-electron chi connectivity index (χ0n) is 17.0. The van der Waals surface area contributed by atoms with Gasteiger partial charge in [-0.15, -0.1) is 0 Å². The molecule has 0 atom stereocenters. The number of fused-ring (bicyclic) bond motifs is 1. The van der Waals surface area contributed by atoms with E-state index in [9.17, 15) is 9.59 Å². The second-order valence-electron chi connectivity index (χ2n) is 8.24. The van der Waals surface area contributed by atoms with Crippen LogP contribution in [0.4, 0.5) is 17.1 Å². The van der Waals surface area contributed by atoms with Crippen LogP contribution in [0.15, 0.2) is 41.2 Å². The molecule has 0 spiro atoms. The number of carbonyl (C=O) groups is 1. The molecule has 3 aromatic rings. The lowest BCUT2D eigenvalue weighted by Crippen LogP contribution is -2.29. The van der Waals surface area contributed by atoms with Gasteiger partial charge in [-0.1, -0.05) is 0 Å². The van der Waals surface area contributed by atoms with Crippen LogP contribution in [-0.2, 0) is 0 Å². The molecule has 2 aliphatic heterocycles. The number of imidazole rings is 1. The van der Waals surface area contributed by atoms with E-state index in [-0.39, 0.29) is 11.6 Å². The van der Waals surface area contributed by atoms with E-state index in [1.165, 1.54) is 24.9 Å². The maximum absolute atomic E-state index is 13.0. The molecule has 0 radical (unpaired) electrons. The van der Waals surface area contributed by atoms with Gasteiger partial charge in [0, 0.05) is 37.4 Å². The molecule has 7 nitrogen and oxygen atoms in total. The normalized spacial score (nSPS) is 16.9. The number of nitrogens with zero attached hydrogens (tertiary/aromatic N) is 2. The lowest BCUT2D eigenvalue weighted by molar-refractivity contribution is 0.102. The maximum atomic E-state index is 13.0. The molecular formula is C23H27N5O2. The third-order valence-electron chi connectivity index (χ3n) is 6.18. The Bertz CT molecular complexity index is 1100. The molecule has 1 amide bonds. The number of hydrogen-bond donors (Lipinski definition) is 3. The molecule has 3 N–H and O–H groups in total. The monoisotopic (exact) mass is 405 g/mol. The minimum absolute atomic E-state index is 0.141. The van der Waals surface area contributed by atoms with Gasteiger partial charge < -0.3 is 25.1 Å². The first-order valence-corrected chi connectivity index (χ1v) is 10.8. The molecule has 0 saturated carbocycles. The van der Waals surface area contributed by atoms with Gasteiger partial charge in [-0.25, -0.2) is 4.79 Å². The van der Waals surface area contributed by atoms with Crippen molar-refractivity contribution in [1.82, 2.24) is 9.97 Å². The zero-order valence-corrected chi connectivity index (χ0v) is 17.0. The summed E-state index contributed by atoms with van der Waals surface area (Å²) in [5, 5.41) is 3.07. The summed E-state index contributed by atoms with van der Waals surface area (Å²) in [5.41, 5.74) is 4.69. The Morgan fingerprint density at radius 1 is 0.800 bits per heavy atom. The SMILES string of the molecule is O=C(Nc1cc2[nH]c(=O)[nH]c2cc1N1CCCC1)c1ccc(N2CCCCC2)cc1. The fourth-order valence-corrected chi connectivity index (χ4v) is 4.56. The summed E-state index contributed by atoms with van der Waals surface area (Å²) in [6.07, 6.45) is 6.02. The van der Waals surface area contributed by atoms with Crippen molar-refractivity contribution in [1.29, 1.82) is 0 Å². The molecule has 3 heterocycles. The first kappa shape index (κ1) is 18.8. The zero-order chi connectivity index (χ0) is 20.5. The Kier molecular flexibility index (Phi) is 4.94. The van der Waals surface area contributed by atoms with Crippen LogP contribution in [0.5, 0.6) is 0 Å². The number of hydrogen-bond acceptors (Lipinski definition) is 4. The van der Waals surface area contributed by atoms with Crippen LogP contribution in [0.3, 0.4) is 0 Å². The highest BCUT2D eigenvalue weighted by Gasteiger charge is 2.19. The first-order valence-electron chi connectivity index (χ1n) is 10.8. The van der Waals surface area contributed by atoms with E-state index in [1.54, 1.807) is 0 Å². The number of amides is 1. The van der Waals surface area contributed by atoms with Crippen molar-refractivity contribution < 1.29 is 4.79 Å².